The Morgan fingerprint density at radius 2 is 1.81 bits per heavy atom. The minimum Gasteiger partial charge on any atom is -0.357 e. The molecule has 3 rings (SSSR count). The zero-order chi connectivity index (χ0) is 21.2. The van der Waals surface area contributed by atoms with Gasteiger partial charge < -0.3 is 15.2 Å². The molecule has 2 aromatic heterocycles. The number of guanidine groups is 1. The van der Waals surface area contributed by atoms with Crippen LogP contribution >= 0.6 is 35.6 Å². The number of nitrogens with zero attached hydrogens (tertiary/aromatic N) is 4. The Kier molecular flexibility index (Phi) is 10.7. The van der Waals surface area contributed by atoms with Crippen molar-refractivity contribution in [1.82, 2.24) is 25.8 Å². The highest BCUT2D eigenvalue weighted by Gasteiger charge is 2.07. The number of aromatic nitrogens is 3. The normalized spacial score (nSPS) is 11.1. The molecule has 166 valence electrons. The highest BCUT2D eigenvalue weighted by molar-refractivity contribution is 14.0. The van der Waals surface area contributed by atoms with Crippen LogP contribution in [-0.2, 0) is 19.3 Å². The average Bonchev–Trinajstić information content (AvgIpc) is 3.25. The van der Waals surface area contributed by atoms with Crippen LogP contribution in [0.1, 0.15) is 30.8 Å². The Balaban J connectivity index is 0.00000341. The zero-order valence-corrected chi connectivity index (χ0v) is 20.9. The number of hydrogen-bond acceptors (Lipinski definition) is 5. The number of halogens is 2. The van der Waals surface area contributed by atoms with Crippen molar-refractivity contribution in [1.29, 1.82) is 0 Å². The van der Waals surface area contributed by atoms with Gasteiger partial charge in [0.25, 0.3) is 5.89 Å². The molecule has 0 aliphatic rings. The van der Waals surface area contributed by atoms with Crippen LogP contribution in [0.5, 0.6) is 0 Å². The van der Waals surface area contributed by atoms with E-state index in [4.69, 9.17) is 16.1 Å². The van der Waals surface area contributed by atoms with Crippen LogP contribution in [0.3, 0.4) is 0 Å². The lowest BCUT2D eigenvalue weighted by Gasteiger charge is -2.11. The van der Waals surface area contributed by atoms with Crippen LogP contribution in [0.25, 0.3) is 11.5 Å². The highest BCUT2D eigenvalue weighted by atomic mass is 127. The Bertz CT molecular complexity index is 943. The second-order valence-corrected chi connectivity index (χ2v) is 7.13. The molecular weight excluding hydrogens is 527 g/mol. The molecule has 0 amide bonds. The summed E-state index contributed by atoms with van der Waals surface area (Å²) in [6.45, 7) is 6.34. The molecule has 0 bridgehead atoms. The van der Waals surface area contributed by atoms with Gasteiger partial charge in [0.15, 0.2) is 11.8 Å². The summed E-state index contributed by atoms with van der Waals surface area (Å²) in [5.74, 6) is 2.10. The van der Waals surface area contributed by atoms with Gasteiger partial charge in [-0.15, -0.1) is 24.0 Å². The van der Waals surface area contributed by atoms with Gasteiger partial charge in [-0.2, -0.15) is 4.98 Å². The van der Waals surface area contributed by atoms with Crippen molar-refractivity contribution in [2.45, 2.75) is 33.1 Å². The van der Waals surface area contributed by atoms with Gasteiger partial charge in [0.05, 0.1) is 0 Å². The van der Waals surface area contributed by atoms with Crippen molar-refractivity contribution in [3.05, 3.63) is 64.7 Å². The molecule has 9 heteroatoms. The number of pyridine rings is 1. The predicted molar refractivity (Wildman–Crippen MR) is 135 cm³/mol. The molecule has 0 saturated carbocycles. The smallest absolute Gasteiger partial charge is 0.257 e. The summed E-state index contributed by atoms with van der Waals surface area (Å²) >= 11 is 5.83. The molecule has 2 N–H and O–H groups in total. The van der Waals surface area contributed by atoms with E-state index in [0.717, 1.165) is 55.3 Å². The number of aryl methyl sites for hydroxylation is 1. The fourth-order valence-corrected chi connectivity index (χ4v) is 2.96. The van der Waals surface area contributed by atoms with Crippen LogP contribution < -0.4 is 10.6 Å². The minimum absolute atomic E-state index is 0. The average molecular weight is 555 g/mol. The maximum Gasteiger partial charge on any atom is 0.257 e. The van der Waals surface area contributed by atoms with Crippen LogP contribution in [0, 0.1) is 0 Å². The van der Waals surface area contributed by atoms with Crippen molar-refractivity contribution in [3.8, 4) is 11.5 Å². The molecule has 0 unspecified atom stereocenters. The second kappa shape index (κ2) is 13.3. The molecule has 0 aliphatic heterocycles. The summed E-state index contributed by atoms with van der Waals surface area (Å²) in [7, 11) is 0. The molecule has 0 saturated heterocycles. The fraction of sp³-hybridized carbons (Fsp3) is 0.364. The monoisotopic (exact) mass is 554 g/mol. The lowest BCUT2D eigenvalue weighted by Crippen LogP contribution is -2.38. The lowest BCUT2D eigenvalue weighted by atomic mass is 10.1. The number of rotatable bonds is 9. The summed E-state index contributed by atoms with van der Waals surface area (Å²) in [6.07, 6.45) is 4.26. The maximum atomic E-state index is 5.83. The van der Waals surface area contributed by atoms with Gasteiger partial charge in [-0.1, -0.05) is 41.9 Å². The quantitative estimate of drug-likeness (QED) is 0.177. The molecular formula is C22H28ClIN6O. The van der Waals surface area contributed by atoms with Crippen LogP contribution in [0.4, 0.5) is 0 Å². The van der Waals surface area contributed by atoms with E-state index in [1.807, 2.05) is 31.2 Å². The lowest BCUT2D eigenvalue weighted by molar-refractivity contribution is 0.423. The topological polar surface area (TPSA) is 88.2 Å². The van der Waals surface area contributed by atoms with Gasteiger partial charge in [0.1, 0.15) is 5.15 Å². The first-order valence-electron chi connectivity index (χ1n) is 10.2. The molecule has 31 heavy (non-hydrogen) atoms. The van der Waals surface area contributed by atoms with Gasteiger partial charge >= 0.3 is 0 Å². The van der Waals surface area contributed by atoms with Crippen molar-refractivity contribution in [2.24, 2.45) is 4.99 Å². The molecule has 0 aliphatic carbocycles. The summed E-state index contributed by atoms with van der Waals surface area (Å²) in [4.78, 5) is 13.1. The third-order valence-electron chi connectivity index (χ3n) is 4.49. The number of aliphatic imine (C=N–C) groups is 1. The zero-order valence-electron chi connectivity index (χ0n) is 17.8. The highest BCUT2D eigenvalue weighted by Crippen LogP contribution is 2.18. The minimum atomic E-state index is 0. The summed E-state index contributed by atoms with van der Waals surface area (Å²) in [5, 5.41) is 11.1. The second-order valence-electron chi connectivity index (χ2n) is 6.74. The fourth-order valence-electron chi connectivity index (χ4n) is 2.85. The molecule has 3 aromatic rings. The number of benzene rings is 1. The van der Waals surface area contributed by atoms with Gasteiger partial charge in [-0.25, -0.2) is 4.98 Å². The van der Waals surface area contributed by atoms with Crippen molar-refractivity contribution >= 4 is 41.5 Å². The maximum absolute atomic E-state index is 5.83. The van der Waals surface area contributed by atoms with E-state index in [-0.39, 0.29) is 24.0 Å². The van der Waals surface area contributed by atoms with Crippen molar-refractivity contribution in [3.63, 3.8) is 0 Å². The Morgan fingerprint density at radius 3 is 2.45 bits per heavy atom. The summed E-state index contributed by atoms with van der Waals surface area (Å²) in [5.41, 5.74) is 3.28. The first-order chi connectivity index (χ1) is 14.7. The van der Waals surface area contributed by atoms with Gasteiger partial charge in [0, 0.05) is 37.8 Å². The van der Waals surface area contributed by atoms with Crippen molar-refractivity contribution < 1.29 is 4.52 Å². The predicted octanol–water partition coefficient (Wildman–Crippen LogP) is 4.31. The molecule has 1 aromatic carbocycles. The number of hydrogen-bond donors (Lipinski definition) is 2. The first-order valence-corrected chi connectivity index (χ1v) is 10.6. The summed E-state index contributed by atoms with van der Waals surface area (Å²) < 4.78 is 5.29. The van der Waals surface area contributed by atoms with E-state index in [0.29, 0.717) is 17.6 Å². The Morgan fingerprint density at radius 1 is 1.03 bits per heavy atom. The molecule has 0 atom stereocenters. The van der Waals surface area contributed by atoms with E-state index in [9.17, 15) is 0 Å². The third-order valence-corrected chi connectivity index (χ3v) is 4.72. The van der Waals surface area contributed by atoms with E-state index in [1.165, 1.54) is 5.56 Å². The van der Waals surface area contributed by atoms with Crippen molar-refractivity contribution in [2.75, 3.05) is 19.6 Å². The van der Waals surface area contributed by atoms with Gasteiger partial charge in [0.2, 0.25) is 0 Å². The Hall–Kier alpha value is -2.20. The van der Waals surface area contributed by atoms with E-state index >= 15 is 0 Å². The number of nitrogens with one attached hydrogen (secondary N) is 2. The molecule has 0 fully saturated rings. The molecule has 0 spiro atoms. The Labute approximate surface area is 205 Å². The van der Waals surface area contributed by atoms with Crippen LogP contribution in [-0.4, -0.2) is 40.7 Å². The SMILES string of the molecule is CCNC(=NCCc1ccc(-c2nc(CC)no2)cc1)NCCc1ccc(Cl)nc1.I. The van der Waals surface area contributed by atoms with E-state index in [2.05, 4.69) is 49.8 Å². The van der Waals surface area contributed by atoms with Gasteiger partial charge in [-0.3, -0.25) is 4.99 Å². The largest absolute Gasteiger partial charge is 0.357 e. The van der Waals surface area contributed by atoms with Crippen LogP contribution in [0.15, 0.2) is 52.1 Å². The molecule has 0 radical (unpaired) electrons. The molecule has 2 heterocycles. The third kappa shape index (κ3) is 8.10. The van der Waals surface area contributed by atoms with Gasteiger partial charge in [-0.05, 0) is 49.1 Å². The summed E-state index contributed by atoms with van der Waals surface area (Å²) in [6, 6.07) is 12.0. The van der Waals surface area contributed by atoms with Crippen LogP contribution in [0.2, 0.25) is 5.15 Å². The van der Waals surface area contributed by atoms with E-state index in [1.54, 1.807) is 6.20 Å². The first kappa shape index (κ1) is 25.1. The standard InChI is InChI=1S/C22H27ClN6O.HI/c1-3-20-28-21(30-29-20)18-8-5-16(6-9-18)11-13-25-22(24-4-2)26-14-12-17-7-10-19(23)27-15-17;/h5-10,15H,3-4,11-14H2,1-2H3,(H2,24,25,26);1H. The molecule has 7 nitrogen and oxygen atoms in total. The van der Waals surface area contributed by atoms with E-state index < -0.39 is 0 Å².